The molecule has 0 spiro atoms. The molecule has 0 saturated carbocycles. The number of thioether (sulfide) groups is 1. The van der Waals surface area contributed by atoms with E-state index in [9.17, 15) is 13.2 Å². The second-order valence-corrected chi connectivity index (χ2v) is 11.6. The van der Waals surface area contributed by atoms with Crippen molar-refractivity contribution >= 4 is 49.1 Å². The molecule has 0 aromatic carbocycles. The van der Waals surface area contributed by atoms with Gasteiger partial charge in [0, 0.05) is 23.4 Å². The van der Waals surface area contributed by atoms with Crippen LogP contribution in [0.1, 0.15) is 35.5 Å². The number of hydrogen-bond donors (Lipinski definition) is 0. The molecule has 3 heterocycles. The van der Waals surface area contributed by atoms with Crippen LogP contribution in [0.25, 0.3) is 10.2 Å². The van der Waals surface area contributed by atoms with Gasteiger partial charge in [-0.1, -0.05) is 11.8 Å². The number of aryl methyl sites for hydroxylation is 3. The van der Waals surface area contributed by atoms with Gasteiger partial charge in [0.1, 0.15) is 15.7 Å². The first-order valence-corrected chi connectivity index (χ1v) is 12.8. The summed E-state index contributed by atoms with van der Waals surface area (Å²) in [5, 5.41) is 2.02. The van der Waals surface area contributed by atoms with Gasteiger partial charge in [0.25, 0.3) is 0 Å². The monoisotopic (exact) mass is 425 g/mol. The summed E-state index contributed by atoms with van der Waals surface area (Å²) in [6.07, 6.45) is 5.11. The Balaban J connectivity index is 1.53. The molecule has 0 unspecified atom stereocenters. The van der Waals surface area contributed by atoms with Crippen molar-refractivity contribution in [3.8, 4) is 0 Å². The summed E-state index contributed by atoms with van der Waals surface area (Å²) in [6, 6.07) is -0.204. The van der Waals surface area contributed by atoms with Crippen molar-refractivity contribution in [1.29, 1.82) is 0 Å². The molecule has 9 heteroatoms. The molecule has 0 bridgehead atoms. The molecule has 146 valence electrons. The van der Waals surface area contributed by atoms with Gasteiger partial charge in [0.15, 0.2) is 9.84 Å². The minimum absolute atomic E-state index is 0.0457. The number of nitrogens with zero attached hydrogens (tertiary/aromatic N) is 3. The molecule has 2 aliphatic rings. The largest absolute Gasteiger partial charge is 0.341 e. The minimum Gasteiger partial charge on any atom is -0.341 e. The molecular formula is C18H23N3O3S3. The quantitative estimate of drug-likeness (QED) is 0.553. The van der Waals surface area contributed by atoms with Crippen LogP contribution in [-0.4, -0.2) is 59.5 Å². The average molecular weight is 426 g/mol. The SMILES string of the molecule is Cc1nc(SCC(=O)N(C)[C@H]2CCS(=O)(=O)C2)c2c3c(sc2n1)CCCC3. The summed E-state index contributed by atoms with van der Waals surface area (Å²) in [7, 11) is -1.29. The van der Waals surface area contributed by atoms with E-state index in [0.29, 0.717) is 6.42 Å². The zero-order valence-corrected chi connectivity index (χ0v) is 18.0. The number of carbonyl (C=O) groups excluding carboxylic acids is 1. The van der Waals surface area contributed by atoms with Gasteiger partial charge >= 0.3 is 0 Å². The van der Waals surface area contributed by atoms with Gasteiger partial charge in [-0.15, -0.1) is 11.3 Å². The molecule has 6 nitrogen and oxygen atoms in total. The zero-order valence-electron chi connectivity index (χ0n) is 15.5. The first kappa shape index (κ1) is 19.1. The zero-order chi connectivity index (χ0) is 19.2. The number of carbonyl (C=O) groups is 1. The molecule has 1 aliphatic carbocycles. The fraction of sp³-hybridized carbons (Fsp3) is 0.611. The lowest BCUT2D eigenvalue weighted by Gasteiger charge is -2.23. The molecule has 0 radical (unpaired) electrons. The number of thiophene rings is 1. The number of amides is 1. The number of rotatable bonds is 4. The van der Waals surface area contributed by atoms with Gasteiger partial charge in [-0.05, 0) is 44.6 Å². The van der Waals surface area contributed by atoms with E-state index >= 15 is 0 Å². The lowest BCUT2D eigenvalue weighted by atomic mass is 9.97. The Morgan fingerprint density at radius 1 is 1.30 bits per heavy atom. The minimum atomic E-state index is -3.00. The Morgan fingerprint density at radius 2 is 2.07 bits per heavy atom. The smallest absolute Gasteiger partial charge is 0.233 e. The molecule has 4 rings (SSSR count). The fourth-order valence-corrected chi connectivity index (χ4v) is 8.02. The average Bonchev–Trinajstić information content (AvgIpc) is 3.17. The van der Waals surface area contributed by atoms with E-state index in [1.807, 2.05) is 6.92 Å². The van der Waals surface area contributed by atoms with Gasteiger partial charge < -0.3 is 4.90 Å². The third kappa shape index (κ3) is 3.86. The van der Waals surface area contributed by atoms with E-state index in [4.69, 9.17) is 0 Å². The van der Waals surface area contributed by atoms with E-state index in [1.54, 1.807) is 23.3 Å². The van der Waals surface area contributed by atoms with E-state index in [-0.39, 0.29) is 29.2 Å². The first-order valence-electron chi connectivity index (χ1n) is 9.22. The van der Waals surface area contributed by atoms with Crippen LogP contribution in [-0.2, 0) is 27.5 Å². The van der Waals surface area contributed by atoms with E-state index in [1.165, 1.54) is 35.0 Å². The molecule has 2 aromatic heterocycles. The fourth-order valence-electron chi connectivity index (χ4n) is 3.85. The topological polar surface area (TPSA) is 80.2 Å². The van der Waals surface area contributed by atoms with Gasteiger partial charge in [-0.2, -0.15) is 0 Å². The Bertz CT molecular complexity index is 1000. The Morgan fingerprint density at radius 3 is 2.81 bits per heavy atom. The third-order valence-corrected chi connectivity index (χ3v) is 9.27. The first-order chi connectivity index (χ1) is 12.8. The van der Waals surface area contributed by atoms with Gasteiger partial charge in [-0.3, -0.25) is 4.79 Å². The Kier molecular flexibility index (Phi) is 5.20. The molecule has 2 aromatic rings. The van der Waals surface area contributed by atoms with Crippen molar-refractivity contribution in [1.82, 2.24) is 14.9 Å². The summed E-state index contributed by atoms with van der Waals surface area (Å²) >= 11 is 3.21. The van der Waals surface area contributed by atoms with Crippen molar-refractivity contribution in [2.45, 2.75) is 50.1 Å². The summed E-state index contributed by atoms with van der Waals surface area (Å²) in [5.41, 5.74) is 1.37. The van der Waals surface area contributed by atoms with Gasteiger partial charge in [-0.25, -0.2) is 18.4 Å². The van der Waals surface area contributed by atoms with Crippen molar-refractivity contribution in [3.63, 3.8) is 0 Å². The number of sulfone groups is 1. The second kappa shape index (κ2) is 7.33. The molecule has 0 N–H and O–H groups in total. The molecule has 1 atom stereocenters. The molecule has 1 aliphatic heterocycles. The highest BCUT2D eigenvalue weighted by molar-refractivity contribution is 8.00. The summed E-state index contributed by atoms with van der Waals surface area (Å²) < 4.78 is 23.4. The van der Waals surface area contributed by atoms with Gasteiger partial charge in [0.2, 0.25) is 5.91 Å². The number of fused-ring (bicyclic) bond motifs is 3. The number of hydrogen-bond acceptors (Lipinski definition) is 7. The van der Waals surface area contributed by atoms with E-state index in [0.717, 1.165) is 33.9 Å². The highest BCUT2D eigenvalue weighted by atomic mass is 32.2. The van der Waals surface area contributed by atoms with Crippen molar-refractivity contribution in [2.75, 3.05) is 24.3 Å². The maximum absolute atomic E-state index is 12.6. The van der Waals surface area contributed by atoms with Crippen molar-refractivity contribution in [3.05, 3.63) is 16.3 Å². The molecule has 1 saturated heterocycles. The molecule has 1 amide bonds. The van der Waals surface area contributed by atoms with Crippen molar-refractivity contribution < 1.29 is 13.2 Å². The van der Waals surface area contributed by atoms with Crippen LogP contribution in [0.5, 0.6) is 0 Å². The predicted molar refractivity (Wildman–Crippen MR) is 109 cm³/mol. The Hall–Kier alpha value is -1.19. The van der Waals surface area contributed by atoms with E-state index in [2.05, 4.69) is 9.97 Å². The van der Waals surface area contributed by atoms with Crippen LogP contribution in [0.2, 0.25) is 0 Å². The third-order valence-electron chi connectivity index (χ3n) is 5.38. The van der Waals surface area contributed by atoms with Crippen LogP contribution in [0.3, 0.4) is 0 Å². The maximum Gasteiger partial charge on any atom is 0.233 e. The van der Waals surface area contributed by atoms with E-state index < -0.39 is 9.84 Å². The predicted octanol–water partition coefficient (Wildman–Crippen LogP) is 2.62. The lowest BCUT2D eigenvalue weighted by Crippen LogP contribution is -2.38. The van der Waals surface area contributed by atoms with Crippen LogP contribution in [0, 0.1) is 6.92 Å². The van der Waals surface area contributed by atoms with Crippen molar-refractivity contribution in [2.24, 2.45) is 0 Å². The molecule has 27 heavy (non-hydrogen) atoms. The molecular weight excluding hydrogens is 402 g/mol. The summed E-state index contributed by atoms with van der Waals surface area (Å²) in [5.74, 6) is 1.20. The number of aromatic nitrogens is 2. The normalized spacial score (nSPS) is 21.3. The van der Waals surface area contributed by atoms with Crippen LogP contribution >= 0.6 is 23.1 Å². The molecule has 1 fully saturated rings. The summed E-state index contributed by atoms with van der Waals surface area (Å²) in [6.45, 7) is 1.89. The highest BCUT2D eigenvalue weighted by Crippen LogP contribution is 2.39. The standard InChI is InChI=1S/C18H23N3O3S3/c1-11-19-17(16-13-5-3-4-6-14(13)26-18(16)20-11)25-9-15(22)21(2)12-7-8-27(23,24)10-12/h12H,3-10H2,1-2H3/t12-/m0/s1. The van der Waals surface area contributed by atoms with Gasteiger partial charge in [0.05, 0.1) is 17.3 Å². The van der Waals surface area contributed by atoms with Crippen LogP contribution in [0.15, 0.2) is 5.03 Å². The lowest BCUT2D eigenvalue weighted by molar-refractivity contribution is -0.128. The van der Waals surface area contributed by atoms with Crippen LogP contribution < -0.4 is 0 Å². The second-order valence-electron chi connectivity index (χ2n) is 7.32. The maximum atomic E-state index is 12.6. The van der Waals surface area contributed by atoms with Crippen LogP contribution in [0.4, 0.5) is 0 Å². The Labute approximate surface area is 167 Å². The highest BCUT2D eigenvalue weighted by Gasteiger charge is 2.32. The summed E-state index contributed by atoms with van der Waals surface area (Å²) in [4.78, 5) is 25.9.